The van der Waals surface area contributed by atoms with Crippen molar-refractivity contribution in [3.8, 4) is 0 Å². The third kappa shape index (κ3) is 3.96. The number of esters is 1. The molecule has 0 N–H and O–H groups in total. The molecule has 1 saturated heterocycles. The van der Waals surface area contributed by atoms with Crippen molar-refractivity contribution in [3.05, 3.63) is 53.6 Å². The second kappa shape index (κ2) is 7.61. The minimum atomic E-state index is -0.328. The Labute approximate surface area is 147 Å². The monoisotopic (exact) mass is 341 g/mol. The van der Waals surface area contributed by atoms with Crippen LogP contribution in [0.5, 0.6) is 0 Å². The number of likely N-dealkylation sites (tertiary alicyclic amines) is 1. The number of carbonyl (C=O) groups excluding carboxylic acids is 2. The van der Waals surface area contributed by atoms with E-state index in [-0.39, 0.29) is 17.7 Å². The number of aryl methyl sites for hydroxylation is 1. The van der Waals surface area contributed by atoms with Crippen LogP contribution in [-0.2, 0) is 18.3 Å². The Hall–Kier alpha value is -2.47. The largest absolute Gasteiger partial charge is 0.465 e. The van der Waals surface area contributed by atoms with Gasteiger partial charge in [-0.1, -0.05) is 12.1 Å². The third-order valence-electron chi connectivity index (χ3n) is 4.70. The number of ketones is 1. The van der Waals surface area contributed by atoms with Crippen LogP contribution >= 0.6 is 0 Å². The first-order valence-corrected chi connectivity index (χ1v) is 8.49. The van der Waals surface area contributed by atoms with Crippen molar-refractivity contribution in [1.29, 1.82) is 0 Å². The number of aromatic nitrogens is 2. The topological polar surface area (TPSA) is 64.4 Å². The van der Waals surface area contributed by atoms with E-state index in [1.165, 1.54) is 7.11 Å². The van der Waals surface area contributed by atoms with E-state index in [0.717, 1.165) is 38.0 Å². The van der Waals surface area contributed by atoms with Crippen LogP contribution in [0, 0.1) is 5.92 Å². The van der Waals surface area contributed by atoms with Gasteiger partial charge < -0.3 is 9.30 Å². The molecule has 132 valence electrons. The maximum Gasteiger partial charge on any atom is 0.337 e. The van der Waals surface area contributed by atoms with Crippen LogP contribution in [0.4, 0.5) is 0 Å². The molecule has 6 nitrogen and oxygen atoms in total. The highest BCUT2D eigenvalue weighted by atomic mass is 16.5. The van der Waals surface area contributed by atoms with Crippen LogP contribution in [-0.4, -0.2) is 46.4 Å². The fourth-order valence-electron chi connectivity index (χ4n) is 3.32. The van der Waals surface area contributed by atoms with Gasteiger partial charge in [0.25, 0.3) is 0 Å². The number of rotatable bonds is 5. The van der Waals surface area contributed by atoms with Gasteiger partial charge in [0, 0.05) is 38.4 Å². The molecule has 0 saturated carbocycles. The molecule has 25 heavy (non-hydrogen) atoms. The highest BCUT2D eigenvalue weighted by Gasteiger charge is 2.28. The van der Waals surface area contributed by atoms with Gasteiger partial charge in [0.2, 0.25) is 5.78 Å². The first-order chi connectivity index (χ1) is 12.1. The summed E-state index contributed by atoms with van der Waals surface area (Å²) in [5.41, 5.74) is 1.67. The Morgan fingerprint density at radius 2 is 2.04 bits per heavy atom. The van der Waals surface area contributed by atoms with Gasteiger partial charge in [0.15, 0.2) is 5.82 Å². The van der Waals surface area contributed by atoms with E-state index < -0.39 is 0 Å². The summed E-state index contributed by atoms with van der Waals surface area (Å²) >= 11 is 0. The average molecular weight is 341 g/mol. The van der Waals surface area contributed by atoms with Crippen LogP contribution in [0.1, 0.15) is 39.4 Å². The van der Waals surface area contributed by atoms with E-state index in [2.05, 4.69) is 9.88 Å². The van der Waals surface area contributed by atoms with Crippen LogP contribution in [0.25, 0.3) is 0 Å². The van der Waals surface area contributed by atoms with E-state index in [9.17, 15) is 9.59 Å². The standard InChI is InChI=1S/C19H23N3O3/c1-21-11-9-20-18(21)17(23)16-4-3-10-22(13-16)12-14-5-7-15(8-6-14)19(24)25-2/h5-9,11,16H,3-4,10,12-13H2,1-2H3/t16-/m1/s1. The summed E-state index contributed by atoms with van der Waals surface area (Å²) in [4.78, 5) is 30.6. The average Bonchev–Trinajstić information content (AvgIpc) is 3.07. The number of carbonyl (C=O) groups is 2. The molecule has 2 aromatic rings. The van der Waals surface area contributed by atoms with Gasteiger partial charge in [-0.15, -0.1) is 0 Å². The van der Waals surface area contributed by atoms with Crippen LogP contribution in [0.2, 0.25) is 0 Å². The van der Waals surface area contributed by atoms with Crippen molar-refractivity contribution in [2.45, 2.75) is 19.4 Å². The quantitative estimate of drug-likeness (QED) is 0.617. The van der Waals surface area contributed by atoms with Crippen molar-refractivity contribution >= 4 is 11.8 Å². The number of piperidine rings is 1. The fourth-order valence-corrected chi connectivity index (χ4v) is 3.32. The maximum atomic E-state index is 12.7. The molecule has 3 rings (SSSR count). The molecule has 0 aliphatic carbocycles. The smallest absolute Gasteiger partial charge is 0.337 e. The summed E-state index contributed by atoms with van der Waals surface area (Å²) in [6.45, 7) is 2.49. The van der Waals surface area contributed by atoms with E-state index in [1.54, 1.807) is 29.1 Å². The molecule has 2 heterocycles. The van der Waals surface area contributed by atoms with Gasteiger partial charge in [-0.05, 0) is 37.1 Å². The molecule has 1 aromatic heterocycles. The molecule has 1 aromatic carbocycles. The zero-order chi connectivity index (χ0) is 17.8. The Balaban J connectivity index is 1.63. The van der Waals surface area contributed by atoms with E-state index in [1.807, 2.05) is 19.2 Å². The third-order valence-corrected chi connectivity index (χ3v) is 4.70. The Kier molecular flexibility index (Phi) is 5.28. The predicted molar refractivity (Wildman–Crippen MR) is 93.3 cm³/mol. The lowest BCUT2D eigenvalue weighted by atomic mass is 9.93. The second-order valence-electron chi connectivity index (χ2n) is 6.49. The molecular formula is C19H23N3O3. The van der Waals surface area contributed by atoms with Crippen molar-refractivity contribution in [2.75, 3.05) is 20.2 Å². The normalized spacial score (nSPS) is 18.1. The summed E-state index contributed by atoms with van der Waals surface area (Å²) in [5.74, 6) is 0.321. The van der Waals surface area contributed by atoms with Gasteiger partial charge in [-0.3, -0.25) is 9.69 Å². The number of ether oxygens (including phenoxy) is 1. The molecule has 6 heteroatoms. The molecule has 1 aliphatic heterocycles. The summed E-state index contributed by atoms with van der Waals surface area (Å²) in [5, 5.41) is 0. The maximum absolute atomic E-state index is 12.7. The summed E-state index contributed by atoms with van der Waals surface area (Å²) in [6.07, 6.45) is 5.37. The molecule has 0 spiro atoms. The van der Waals surface area contributed by atoms with E-state index in [4.69, 9.17) is 4.74 Å². The van der Waals surface area contributed by atoms with Crippen molar-refractivity contribution < 1.29 is 14.3 Å². The number of Topliss-reactive ketones (excluding diaryl/α,β-unsaturated/α-hetero) is 1. The summed E-state index contributed by atoms with van der Waals surface area (Å²) in [7, 11) is 3.23. The zero-order valence-electron chi connectivity index (χ0n) is 14.6. The lowest BCUT2D eigenvalue weighted by Gasteiger charge is -2.31. The first kappa shape index (κ1) is 17.4. The highest BCUT2D eigenvalue weighted by Crippen LogP contribution is 2.22. The first-order valence-electron chi connectivity index (χ1n) is 8.49. The summed E-state index contributed by atoms with van der Waals surface area (Å²) < 4.78 is 6.50. The predicted octanol–water partition coefficient (Wildman–Crippen LogP) is 2.30. The Morgan fingerprint density at radius 3 is 2.68 bits per heavy atom. The number of methoxy groups -OCH3 is 1. The lowest BCUT2D eigenvalue weighted by Crippen LogP contribution is -2.38. The summed E-state index contributed by atoms with van der Waals surface area (Å²) in [6, 6.07) is 7.44. The molecule has 0 radical (unpaired) electrons. The van der Waals surface area contributed by atoms with E-state index in [0.29, 0.717) is 11.4 Å². The molecule has 0 bridgehead atoms. The van der Waals surface area contributed by atoms with Gasteiger partial charge >= 0.3 is 5.97 Å². The highest BCUT2D eigenvalue weighted by molar-refractivity contribution is 5.95. The molecule has 1 fully saturated rings. The number of benzene rings is 1. The van der Waals surface area contributed by atoms with Crippen molar-refractivity contribution in [1.82, 2.24) is 14.5 Å². The van der Waals surface area contributed by atoms with Crippen LogP contribution in [0.3, 0.4) is 0 Å². The SMILES string of the molecule is COC(=O)c1ccc(CN2CCC[C@@H](C(=O)c3nccn3C)C2)cc1. The fraction of sp³-hybridized carbons (Fsp3) is 0.421. The lowest BCUT2D eigenvalue weighted by molar-refractivity contribution is 0.0600. The minimum absolute atomic E-state index is 0.0100. The number of imidazole rings is 1. The number of nitrogens with zero attached hydrogens (tertiary/aromatic N) is 3. The molecule has 0 amide bonds. The Bertz CT molecular complexity index is 752. The van der Waals surface area contributed by atoms with Crippen LogP contribution in [0.15, 0.2) is 36.7 Å². The Morgan fingerprint density at radius 1 is 1.28 bits per heavy atom. The minimum Gasteiger partial charge on any atom is -0.465 e. The van der Waals surface area contributed by atoms with Crippen LogP contribution < -0.4 is 0 Å². The van der Waals surface area contributed by atoms with E-state index >= 15 is 0 Å². The molecule has 1 atom stereocenters. The van der Waals surface area contributed by atoms with Crippen molar-refractivity contribution in [3.63, 3.8) is 0 Å². The molecule has 1 aliphatic rings. The number of hydrogen-bond acceptors (Lipinski definition) is 5. The van der Waals surface area contributed by atoms with Gasteiger partial charge in [-0.2, -0.15) is 0 Å². The van der Waals surface area contributed by atoms with Crippen molar-refractivity contribution in [2.24, 2.45) is 13.0 Å². The number of hydrogen-bond donors (Lipinski definition) is 0. The van der Waals surface area contributed by atoms with Gasteiger partial charge in [0.05, 0.1) is 12.7 Å². The second-order valence-corrected chi connectivity index (χ2v) is 6.49. The van der Waals surface area contributed by atoms with Gasteiger partial charge in [0.1, 0.15) is 0 Å². The van der Waals surface area contributed by atoms with Gasteiger partial charge in [-0.25, -0.2) is 9.78 Å². The zero-order valence-corrected chi connectivity index (χ0v) is 14.6. The molecular weight excluding hydrogens is 318 g/mol. The molecule has 0 unspecified atom stereocenters.